The van der Waals surface area contributed by atoms with Crippen LogP contribution >= 0.6 is 0 Å². The highest BCUT2D eigenvalue weighted by atomic mass is 16.5. The number of hydrogen-bond donors (Lipinski definition) is 2. The summed E-state index contributed by atoms with van der Waals surface area (Å²) in [5.74, 6) is 1.54. The maximum atomic E-state index is 12.3. The molecular formula is C23H25N5O2. The van der Waals surface area contributed by atoms with Crippen LogP contribution < -0.4 is 20.3 Å². The Morgan fingerprint density at radius 2 is 1.67 bits per heavy atom. The average molecular weight is 403 g/mol. The first-order valence-corrected chi connectivity index (χ1v) is 10.1. The van der Waals surface area contributed by atoms with Crippen LogP contribution in [-0.4, -0.2) is 36.4 Å². The zero-order valence-corrected chi connectivity index (χ0v) is 17.0. The van der Waals surface area contributed by atoms with Crippen molar-refractivity contribution in [1.82, 2.24) is 10.2 Å². The fourth-order valence-electron chi connectivity index (χ4n) is 3.53. The number of carbonyl (C=O) groups is 1. The number of carbonyl (C=O) groups excluding carboxylic acids is 1. The van der Waals surface area contributed by atoms with Crippen LogP contribution in [0.4, 0.5) is 22.0 Å². The highest BCUT2D eigenvalue weighted by Gasteiger charge is 2.13. The van der Waals surface area contributed by atoms with Gasteiger partial charge in [0.25, 0.3) is 0 Å². The summed E-state index contributed by atoms with van der Waals surface area (Å²) in [5.41, 5.74) is 3.05. The summed E-state index contributed by atoms with van der Waals surface area (Å²) in [6, 6.07) is 18.5. The molecular weight excluding hydrogens is 378 g/mol. The molecule has 0 radical (unpaired) electrons. The molecule has 0 unspecified atom stereocenters. The minimum Gasteiger partial charge on any atom is -0.495 e. The van der Waals surface area contributed by atoms with E-state index in [0.717, 1.165) is 30.2 Å². The first-order valence-electron chi connectivity index (χ1n) is 10.1. The van der Waals surface area contributed by atoms with Gasteiger partial charge in [-0.3, -0.25) is 0 Å². The first-order chi connectivity index (χ1) is 14.7. The molecule has 2 aromatic carbocycles. The standard InChI is InChI=1S/C23H25N5O2/c1-30-21-8-4-3-7-20(21)25-23(29)24-18-11-9-17(10-12-18)19-13-14-22(27-26-19)28-15-5-2-6-16-28/h3-4,7-14H,2,5-6,15-16H2,1H3,(H2,24,25,29). The van der Waals surface area contributed by atoms with Gasteiger partial charge in [-0.2, -0.15) is 0 Å². The molecule has 2 amide bonds. The summed E-state index contributed by atoms with van der Waals surface area (Å²) < 4.78 is 5.25. The van der Waals surface area contributed by atoms with Crippen LogP contribution in [0.5, 0.6) is 5.75 Å². The fourth-order valence-corrected chi connectivity index (χ4v) is 3.53. The molecule has 1 aliphatic rings. The van der Waals surface area contributed by atoms with Crippen LogP contribution in [-0.2, 0) is 0 Å². The van der Waals surface area contributed by atoms with E-state index in [-0.39, 0.29) is 6.03 Å². The lowest BCUT2D eigenvalue weighted by Crippen LogP contribution is -2.30. The van der Waals surface area contributed by atoms with Gasteiger partial charge in [0, 0.05) is 24.3 Å². The second-order valence-corrected chi connectivity index (χ2v) is 7.18. The summed E-state index contributed by atoms with van der Waals surface area (Å²) in [6.07, 6.45) is 3.71. The Labute approximate surface area is 176 Å². The number of para-hydroxylation sites is 2. The third kappa shape index (κ3) is 4.68. The monoisotopic (exact) mass is 403 g/mol. The van der Waals surface area contributed by atoms with E-state index in [4.69, 9.17) is 4.74 Å². The van der Waals surface area contributed by atoms with Crippen LogP contribution in [0, 0.1) is 0 Å². The number of piperidine rings is 1. The fraction of sp³-hybridized carbons (Fsp3) is 0.261. The molecule has 3 aromatic rings. The van der Waals surface area contributed by atoms with Crippen LogP contribution in [0.15, 0.2) is 60.7 Å². The lowest BCUT2D eigenvalue weighted by molar-refractivity contribution is 0.262. The van der Waals surface area contributed by atoms with Crippen molar-refractivity contribution < 1.29 is 9.53 Å². The number of hydrogen-bond acceptors (Lipinski definition) is 5. The van der Waals surface area contributed by atoms with Crippen LogP contribution in [0.2, 0.25) is 0 Å². The van der Waals surface area contributed by atoms with E-state index < -0.39 is 0 Å². The van der Waals surface area contributed by atoms with Crippen LogP contribution in [0.25, 0.3) is 11.3 Å². The number of urea groups is 1. The van der Waals surface area contributed by atoms with E-state index in [1.54, 1.807) is 19.2 Å². The zero-order chi connectivity index (χ0) is 20.8. The molecule has 1 saturated heterocycles. The van der Waals surface area contributed by atoms with Gasteiger partial charge in [0.15, 0.2) is 5.82 Å². The van der Waals surface area contributed by atoms with E-state index in [0.29, 0.717) is 17.1 Å². The van der Waals surface area contributed by atoms with Gasteiger partial charge in [-0.1, -0.05) is 24.3 Å². The number of nitrogens with one attached hydrogen (secondary N) is 2. The molecule has 2 N–H and O–H groups in total. The zero-order valence-electron chi connectivity index (χ0n) is 17.0. The molecule has 30 heavy (non-hydrogen) atoms. The van der Waals surface area contributed by atoms with E-state index >= 15 is 0 Å². The molecule has 1 aliphatic heterocycles. The predicted molar refractivity (Wildman–Crippen MR) is 119 cm³/mol. The smallest absolute Gasteiger partial charge is 0.323 e. The number of ether oxygens (including phenoxy) is 1. The SMILES string of the molecule is COc1ccccc1NC(=O)Nc1ccc(-c2ccc(N3CCCCC3)nn2)cc1. The minimum atomic E-state index is -0.335. The van der Waals surface area contributed by atoms with Gasteiger partial charge < -0.3 is 20.3 Å². The Kier molecular flexibility index (Phi) is 6.08. The Morgan fingerprint density at radius 3 is 2.37 bits per heavy atom. The molecule has 154 valence electrons. The summed E-state index contributed by atoms with van der Waals surface area (Å²) in [7, 11) is 1.57. The molecule has 0 spiro atoms. The van der Waals surface area contributed by atoms with Crippen molar-refractivity contribution in [2.75, 3.05) is 35.7 Å². The number of anilines is 3. The largest absolute Gasteiger partial charge is 0.495 e. The van der Waals surface area contributed by atoms with Crippen LogP contribution in [0.3, 0.4) is 0 Å². The molecule has 7 nitrogen and oxygen atoms in total. The Morgan fingerprint density at radius 1 is 0.900 bits per heavy atom. The number of rotatable bonds is 5. The second-order valence-electron chi connectivity index (χ2n) is 7.18. The Balaban J connectivity index is 1.38. The van der Waals surface area contributed by atoms with Gasteiger partial charge in [-0.05, 0) is 55.7 Å². The molecule has 2 heterocycles. The van der Waals surface area contributed by atoms with Crippen molar-refractivity contribution in [2.45, 2.75) is 19.3 Å². The lowest BCUT2D eigenvalue weighted by atomic mass is 10.1. The van der Waals surface area contributed by atoms with Crippen molar-refractivity contribution in [3.63, 3.8) is 0 Å². The first kappa shape index (κ1) is 19.7. The summed E-state index contributed by atoms with van der Waals surface area (Å²) in [6.45, 7) is 2.09. The van der Waals surface area contributed by atoms with Crippen molar-refractivity contribution in [3.05, 3.63) is 60.7 Å². The van der Waals surface area contributed by atoms with Crippen molar-refractivity contribution in [1.29, 1.82) is 0 Å². The third-order valence-corrected chi connectivity index (χ3v) is 5.12. The van der Waals surface area contributed by atoms with Crippen molar-refractivity contribution in [3.8, 4) is 17.0 Å². The molecule has 1 aromatic heterocycles. The topological polar surface area (TPSA) is 79.4 Å². The van der Waals surface area contributed by atoms with Gasteiger partial charge in [0.1, 0.15) is 5.75 Å². The molecule has 0 atom stereocenters. The van der Waals surface area contributed by atoms with E-state index in [1.807, 2.05) is 48.5 Å². The highest BCUT2D eigenvalue weighted by molar-refractivity contribution is 6.00. The van der Waals surface area contributed by atoms with E-state index in [1.165, 1.54) is 19.3 Å². The molecule has 0 bridgehead atoms. The van der Waals surface area contributed by atoms with Gasteiger partial charge in [-0.15, -0.1) is 10.2 Å². The van der Waals surface area contributed by atoms with Gasteiger partial charge in [-0.25, -0.2) is 4.79 Å². The van der Waals surface area contributed by atoms with Gasteiger partial charge in [0.05, 0.1) is 18.5 Å². The normalized spacial score (nSPS) is 13.6. The van der Waals surface area contributed by atoms with Crippen molar-refractivity contribution >= 4 is 23.2 Å². The maximum absolute atomic E-state index is 12.3. The lowest BCUT2D eigenvalue weighted by Gasteiger charge is -2.27. The van der Waals surface area contributed by atoms with E-state index in [2.05, 4.69) is 25.7 Å². The Hall–Kier alpha value is -3.61. The molecule has 4 rings (SSSR count). The maximum Gasteiger partial charge on any atom is 0.323 e. The highest BCUT2D eigenvalue weighted by Crippen LogP contribution is 2.24. The Bertz CT molecular complexity index is 983. The van der Waals surface area contributed by atoms with Crippen LogP contribution in [0.1, 0.15) is 19.3 Å². The third-order valence-electron chi connectivity index (χ3n) is 5.12. The number of methoxy groups -OCH3 is 1. The number of amides is 2. The van der Waals surface area contributed by atoms with E-state index in [9.17, 15) is 4.79 Å². The quantitative estimate of drug-likeness (QED) is 0.640. The summed E-state index contributed by atoms with van der Waals surface area (Å²) >= 11 is 0. The molecule has 1 fully saturated rings. The number of nitrogens with zero attached hydrogens (tertiary/aromatic N) is 3. The summed E-state index contributed by atoms with van der Waals surface area (Å²) in [5, 5.41) is 14.4. The number of aromatic nitrogens is 2. The molecule has 0 saturated carbocycles. The van der Waals surface area contributed by atoms with Crippen molar-refractivity contribution in [2.24, 2.45) is 0 Å². The minimum absolute atomic E-state index is 0.335. The second kappa shape index (κ2) is 9.26. The summed E-state index contributed by atoms with van der Waals surface area (Å²) in [4.78, 5) is 14.6. The number of benzene rings is 2. The van der Waals surface area contributed by atoms with Gasteiger partial charge in [0.2, 0.25) is 0 Å². The average Bonchev–Trinajstić information content (AvgIpc) is 2.80. The molecule has 7 heteroatoms. The van der Waals surface area contributed by atoms with Gasteiger partial charge >= 0.3 is 6.03 Å². The molecule has 0 aliphatic carbocycles. The predicted octanol–water partition coefficient (Wildman–Crippen LogP) is 4.79.